The normalized spacial score (nSPS) is 17.2. The molecule has 1 saturated heterocycles. The Labute approximate surface area is 138 Å². The van der Waals surface area contributed by atoms with Crippen LogP contribution in [0.1, 0.15) is 12.0 Å². The molecule has 0 saturated carbocycles. The highest BCUT2D eigenvalue weighted by Gasteiger charge is 2.35. The first-order chi connectivity index (χ1) is 11.4. The zero-order chi connectivity index (χ0) is 17.7. The van der Waals surface area contributed by atoms with E-state index in [9.17, 15) is 18.8 Å². The van der Waals surface area contributed by atoms with Gasteiger partial charge in [0.05, 0.1) is 12.5 Å². The van der Waals surface area contributed by atoms with Crippen LogP contribution >= 0.6 is 0 Å². The van der Waals surface area contributed by atoms with Crippen molar-refractivity contribution < 1.29 is 28.6 Å². The van der Waals surface area contributed by atoms with E-state index in [4.69, 9.17) is 9.84 Å². The van der Waals surface area contributed by atoms with Gasteiger partial charge in [0.25, 0.3) is 0 Å². The molecule has 1 fully saturated rings. The van der Waals surface area contributed by atoms with Gasteiger partial charge in [0, 0.05) is 25.2 Å². The van der Waals surface area contributed by atoms with E-state index in [1.165, 1.54) is 17.0 Å². The summed E-state index contributed by atoms with van der Waals surface area (Å²) in [6.45, 7) is 1.67. The van der Waals surface area contributed by atoms with E-state index in [1.54, 1.807) is 13.0 Å². The number of amides is 2. The van der Waals surface area contributed by atoms with Crippen LogP contribution in [0.15, 0.2) is 18.2 Å². The summed E-state index contributed by atoms with van der Waals surface area (Å²) >= 11 is 0. The van der Waals surface area contributed by atoms with Gasteiger partial charge in [-0.25, -0.2) is 9.18 Å². The number of benzene rings is 1. The lowest BCUT2D eigenvalue weighted by Crippen LogP contribution is -2.35. The van der Waals surface area contributed by atoms with Crippen molar-refractivity contribution >= 4 is 23.5 Å². The molecule has 7 nitrogen and oxygen atoms in total. The van der Waals surface area contributed by atoms with Crippen LogP contribution < -0.4 is 10.2 Å². The molecule has 0 spiro atoms. The molecule has 130 valence electrons. The van der Waals surface area contributed by atoms with Crippen molar-refractivity contribution in [3.05, 3.63) is 29.6 Å². The van der Waals surface area contributed by atoms with Crippen molar-refractivity contribution in [3.63, 3.8) is 0 Å². The maximum atomic E-state index is 13.3. The molecule has 1 atom stereocenters. The largest absolute Gasteiger partial charge is 0.480 e. The third-order valence-corrected chi connectivity index (χ3v) is 3.72. The molecule has 1 unspecified atom stereocenters. The van der Waals surface area contributed by atoms with Crippen LogP contribution in [0.25, 0.3) is 0 Å². The van der Waals surface area contributed by atoms with E-state index in [0.29, 0.717) is 11.3 Å². The summed E-state index contributed by atoms with van der Waals surface area (Å²) in [4.78, 5) is 35.9. The average molecular weight is 338 g/mol. The number of carbonyl (C=O) groups is 3. The Bertz CT molecular complexity index is 649. The first-order valence-corrected chi connectivity index (χ1v) is 7.52. The van der Waals surface area contributed by atoms with Crippen LogP contribution in [0.2, 0.25) is 0 Å². The minimum absolute atomic E-state index is 0.0816. The highest BCUT2D eigenvalue weighted by Crippen LogP contribution is 2.26. The lowest BCUT2D eigenvalue weighted by atomic mass is 10.1. The molecule has 0 aromatic heterocycles. The van der Waals surface area contributed by atoms with Gasteiger partial charge >= 0.3 is 5.97 Å². The molecule has 0 aliphatic carbocycles. The molecule has 0 bridgehead atoms. The van der Waals surface area contributed by atoms with E-state index in [1.807, 2.05) is 0 Å². The summed E-state index contributed by atoms with van der Waals surface area (Å²) in [5.41, 5.74) is 1.00. The number of hydrogen-bond donors (Lipinski definition) is 2. The highest BCUT2D eigenvalue weighted by molar-refractivity contribution is 6.00. The van der Waals surface area contributed by atoms with Crippen LogP contribution in [-0.4, -0.2) is 49.2 Å². The number of hydrogen-bond acceptors (Lipinski definition) is 4. The Kier molecular flexibility index (Phi) is 5.86. The lowest BCUT2D eigenvalue weighted by molar-refractivity contribution is -0.142. The standard InChI is InChI=1S/C16H19FN2O5/c1-10-6-12(2-3-13(10)17)19-8-11(7-14(19)20)16(23)18-4-5-24-9-15(21)22/h2-3,6,11H,4-5,7-9H2,1H3,(H,18,23)(H,21,22). The molecule has 1 heterocycles. The van der Waals surface area contributed by atoms with Crippen molar-refractivity contribution in [1.82, 2.24) is 5.32 Å². The maximum absolute atomic E-state index is 13.3. The van der Waals surface area contributed by atoms with Gasteiger partial charge in [-0.1, -0.05) is 0 Å². The van der Waals surface area contributed by atoms with Gasteiger partial charge in [-0.3, -0.25) is 9.59 Å². The summed E-state index contributed by atoms with van der Waals surface area (Å²) in [6, 6.07) is 4.39. The zero-order valence-corrected chi connectivity index (χ0v) is 13.3. The molecule has 2 amide bonds. The number of carbonyl (C=O) groups excluding carboxylic acids is 2. The molecule has 0 radical (unpaired) electrons. The van der Waals surface area contributed by atoms with E-state index >= 15 is 0 Å². The Morgan fingerprint density at radius 3 is 2.88 bits per heavy atom. The first kappa shape index (κ1) is 17.9. The van der Waals surface area contributed by atoms with Crippen LogP contribution in [-0.2, 0) is 19.1 Å². The molecule has 1 aliphatic heterocycles. The van der Waals surface area contributed by atoms with Gasteiger partial charge in [-0.2, -0.15) is 0 Å². The second-order valence-electron chi connectivity index (χ2n) is 5.58. The molecule has 2 rings (SSSR count). The van der Waals surface area contributed by atoms with Crippen molar-refractivity contribution in [3.8, 4) is 0 Å². The van der Waals surface area contributed by atoms with Crippen molar-refractivity contribution in [2.24, 2.45) is 5.92 Å². The van der Waals surface area contributed by atoms with Gasteiger partial charge in [0.15, 0.2) is 0 Å². The third-order valence-electron chi connectivity index (χ3n) is 3.72. The lowest BCUT2D eigenvalue weighted by Gasteiger charge is -2.17. The number of rotatable bonds is 7. The predicted octanol–water partition coefficient (Wildman–Crippen LogP) is 0.704. The van der Waals surface area contributed by atoms with Crippen LogP contribution in [0.3, 0.4) is 0 Å². The first-order valence-electron chi connectivity index (χ1n) is 7.52. The SMILES string of the molecule is Cc1cc(N2CC(C(=O)NCCOCC(=O)O)CC2=O)ccc1F. The fourth-order valence-electron chi connectivity index (χ4n) is 2.48. The highest BCUT2D eigenvalue weighted by atomic mass is 19.1. The third kappa shape index (κ3) is 4.51. The number of halogens is 1. The monoisotopic (exact) mass is 338 g/mol. The number of carboxylic acid groups (broad SMARTS) is 1. The molecule has 1 aliphatic rings. The minimum Gasteiger partial charge on any atom is -0.480 e. The number of nitrogens with one attached hydrogen (secondary N) is 1. The molecule has 24 heavy (non-hydrogen) atoms. The van der Waals surface area contributed by atoms with Gasteiger partial charge in [-0.05, 0) is 30.7 Å². The molecular weight excluding hydrogens is 319 g/mol. The average Bonchev–Trinajstić information content (AvgIpc) is 2.91. The Hall–Kier alpha value is -2.48. The second kappa shape index (κ2) is 7.87. The molecule has 2 N–H and O–H groups in total. The predicted molar refractivity (Wildman–Crippen MR) is 83.1 cm³/mol. The minimum atomic E-state index is -1.08. The Morgan fingerprint density at radius 2 is 2.21 bits per heavy atom. The maximum Gasteiger partial charge on any atom is 0.329 e. The summed E-state index contributed by atoms with van der Waals surface area (Å²) in [7, 11) is 0. The van der Waals surface area contributed by atoms with Gasteiger partial charge < -0.3 is 20.1 Å². The number of aryl methyl sites for hydroxylation is 1. The van der Waals surface area contributed by atoms with Crippen LogP contribution in [0.5, 0.6) is 0 Å². The Balaban J connectivity index is 1.86. The van der Waals surface area contributed by atoms with E-state index in [2.05, 4.69) is 5.32 Å². The smallest absolute Gasteiger partial charge is 0.329 e. The molecule has 1 aromatic carbocycles. The van der Waals surface area contributed by atoms with Crippen molar-refractivity contribution in [2.45, 2.75) is 13.3 Å². The van der Waals surface area contributed by atoms with Gasteiger partial charge in [-0.15, -0.1) is 0 Å². The second-order valence-corrected chi connectivity index (χ2v) is 5.58. The van der Waals surface area contributed by atoms with Gasteiger partial charge in [0.1, 0.15) is 12.4 Å². The topological polar surface area (TPSA) is 95.9 Å². The summed E-state index contributed by atoms with van der Waals surface area (Å²) in [6.07, 6.45) is 0.0816. The summed E-state index contributed by atoms with van der Waals surface area (Å²) in [5.74, 6) is -2.40. The fraction of sp³-hybridized carbons (Fsp3) is 0.438. The number of ether oxygens (including phenoxy) is 1. The van der Waals surface area contributed by atoms with E-state index in [0.717, 1.165) is 0 Å². The van der Waals surface area contributed by atoms with Gasteiger partial charge in [0.2, 0.25) is 11.8 Å². The number of nitrogens with zero attached hydrogens (tertiary/aromatic N) is 1. The fourth-order valence-corrected chi connectivity index (χ4v) is 2.48. The quantitative estimate of drug-likeness (QED) is 0.714. The van der Waals surface area contributed by atoms with Crippen LogP contribution in [0.4, 0.5) is 10.1 Å². The van der Waals surface area contributed by atoms with Crippen molar-refractivity contribution in [1.29, 1.82) is 0 Å². The summed E-state index contributed by atoms with van der Waals surface area (Å²) in [5, 5.41) is 11.0. The number of aliphatic carboxylic acids is 1. The zero-order valence-electron chi connectivity index (χ0n) is 13.3. The van der Waals surface area contributed by atoms with E-state index in [-0.39, 0.29) is 43.7 Å². The molecule has 1 aromatic rings. The molecular formula is C16H19FN2O5. The summed E-state index contributed by atoms with van der Waals surface area (Å²) < 4.78 is 18.1. The van der Waals surface area contributed by atoms with Crippen LogP contribution in [0, 0.1) is 18.7 Å². The van der Waals surface area contributed by atoms with E-state index < -0.39 is 18.5 Å². The number of carboxylic acids is 1. The number of anilines is 1. The Morgan fingerprint density at radius 1 is 1.46 bits per heavy atom. The van der Waals surface area contributed by atoms with Crippen molar-refractivity contribution in [2.75, 3.05) is 31.2 Å². The molecule has 8 heteroatoms.